The minimum atomic E-state index is -1.60. The molecule has 22 heavy (non-hydrogen) atoms. The maximum Gasteiger partial charge on any atom is 0.229 e. The summed E-state index contributed by atoms with van der Waals surface area (Å²) in [6.07, 6.45) is -7.23. The van der Waals surface area contributed by atoms with E-state index in [0.29, 0.717) is 0 Å². The van der Waals surface area contributed by atoms with Crippen molar-refractivity contribution in [2.75, 3.05) is 6.61 Å². The van der Waals surface area contributed by atoms with Crippen molar-refractivity contribution in [3.05, 3.63) is 23.8 Å². The molecule has 0 amide bonds. The largest absolute Gasteiger partial charge is 0.507 e. The summed E-state index contributed by atoms with van der Waals surface area (Å²) in [5, 5.41) is 48.1. The molecule has 5 N–H and O–H groups in total. The van der Waals surface area contributed by atoms with Gasteiger partial charge < -0.3 is 35.0 Å². The van der Waals surface area contributed by atoms with Crippen LogP contribution in [0.2, 0.25) is 0 Å². The molecular weight excluding hydrogens is 296 g/mol. The third kappa shape index (κ3) is 3.06. The van der Waals surface area contributed by atoms with E-state index in [2.05, 4.69) is 0 Å². The molecule has 1 saturated heterocycles. The monoisotopic (exact) mass is 314 g/mol. The molecule has 122 valence electrons. The third-order valence-corrected chi connectivity index (χ3v) is 3.45. The molecule has 1 fully saturated rings. The number of aliphatic hydroxyl groups is 4. The molecule has 1 aromatic carbocycles. The Morgan fingerprint density at radius 2 is 1.91 bits per heavy atom. The molecule has 0 aromatic heterocycles. The molecule has 1 heterocycles. The Balaban J connectivity index is 2.27. The molecular formula is C14H18O8. The fourth-order valence-corrected chi connectivity index (χ4v) is 2.26. The van der Waals surface area contributed by atoms with Crippen LogP contribution in [0.4, 0.5) is 0 Å². The lowest BCUT2D eigenvalue weighted by Crippen LogP contribution is -2.60. The molecule has 5 atom stereocenters. The number of phenolic OH excluding ortho intramolecular Hbond substituents is 1. The van der Waals surface area contributed by atoms with Crippen molar-refractivity contribution in [2.45, 2.75) is 37.6 Å². The van der Waals surface area contributed by atoms with Gasteiger partial charge in [-0.3, -0.25) is 4.79 Å². The fourth-order valence-electron chi connectivity index (χ4n) is 2.26. The lowest BCUT2D eigenvalue weighted by Gasteiger charge is -2.39. The highest BCUT2D eigenvalue weighted by atomic mass is 16.7. The third-order valence-electron chi connectivity index (χ3n) is 3.45. The zero-order valence-electron chi connectivity index (χ0n) is 11.8. The lowest BCUT2D eigenvalue weighted by atomic mass is 9.99. The van der Waals surface area contributed by atoms with Crippen molar-refractivity contribution in [3.63, 3.8) is 0 Å². The zero-order chi connectivity index (χ0) is 16.4. The molecule has 0 unspecified atom stereocenters. The van der Waals surface area contributed by atoms with Crippen LogP contribution in [-0.4, -0.2) is 68.6 Å². The van der Waals surface area contributed by atoms with Gasteiger partial charge in [0.25, 0.3) is 0 Å². The van der Waals surface area contributed by atoms with Crippen LogP contribution >= 0.6 is 0 Å². The molecule has 8 nitrogen and oxygen atoms in total. The Bertz CT molecular complexity index is 544. The highest BCUT2D eigenvalue weighted by Crippen LogP contribution is 2.31. The molecule has 0 aliphatic carbocycles. The van der Waals surface area contributed by atoms with Gasteiger partial charge in [-0.1, -0.05) is 6.07 Å². The summed E-state index contributed by atoms with van der Waals surface area (Å²) in [5.41, 5.74) is -0.0977. The van der Waals surface area contributed by atoms with Crippen molar-refractivity contribution in [1.29, 1.82) is 0 Å². The number of phenols is 1. The van der Waals surface area contributed by atoms with Gasteiger partial charge in [0.05, 0.1) is 6.61 Å². The topological polar surface area (TPSA) is 137 Å². The van der Waals surface area contributed by atoms with Crippen LogP contribution in [0.25, 0.3) is 0 Å². The van der Waals surface area contributed by atoms with E-state index in [4.69, 9.17) is 14.6 Å². The van der Waals surface area contributed by atoms with E-state index in [1.54, 1.807) is 0 Å². The van der Waals surface area contributed by atoms with E-state index < -0.39 is 43.1 Å². The summed E-state index contributed by atoms with van der Waals surface area (Å²) in [4.78, 5) is 11.6. The van der Waals surface area contributed by atoms with Gasteiger partial charge in [0.15, 0.2) is 5.78 Å². The maximum absolute atomic E-state index is 11.6. The lowest BCUT2D eigenvalue weighted by molar-refractivity contribution is -0.277. The first-order valence-corrected chi connectivity index (χ1v) is 6.67. The first-order valence-electron chi connectivity index (χ1n) is 6.67. The highest BCUT2D eigenvalue weighted by Gasteiger charge is 2.45. The van der Waals surface area contributed by atoms with Crippen LogP contribution in [0.5, 0.6) is 11.5 Å². The number of carbonyl (C=O) groups is 1. The first-order chi connectivity index (χ1) is 10.4. The van der Waals surface area contributed by atoms with Gasteiger partial charge in [-0.2, -0.15) is 0 Å². The van der Waals surface area contributed by atoms with Crippen molar-refractivity contribution in [2.24, 2.45) is 0 Å². The average molecular weight is 314 g/mol. The Morgan fingerprint density at radius 3 is 2.50 bits per heavy atom. The fraction of sp³-hybridized carbons (Fsp3) is 0.500. The van der Waals surface area contributed by atoms with Crippen molar-refractivity contribution < 1.29 is 39.8 Å². The Kier molecular flexibility index (Phi) is 4.99. The number of hydrogen-bond donors (Lipinski definition) is 5. The van der Waals surface area contributed by atoms with Crippen LogP contribution in [0, 0.1) is 0 Å². The summed E-state index contributed by atoms with van der Waals surface area (Å²) in [5.74, 6) is -0.802. The number of benzene rings is 1. The van der Waals surface area contributed by atoms with Crippen LogP contribution in [0.1, 0.15) is 17.3 Å². The molecule has 0 radical (unpaired) electrons. The summed E-state index contributed by atoms with van der Waals surface area (Å²) in [6, 6.07) is 4.12. The number of carbonyl (C=O) groups excluding carboxylic acids is 1. The number of ether oxygens (including phenoxy) is 2. The Hall–Kier alpha value is -1.71. The molecule has 2 rings (SSSR count). The quantitative estimate of drug-likeness (QED) is 0.436. The van der Waals surface area contributed by atoms with Crippen molar-refractivity contribution in [3.8, 4) is 11.5 Å². The van der Waals surface area contributed by atoms with Crippen LogP contribution in [0.3, 0.4) is 0 Å². The normalized spacial score (nSPS) is 31.8. The second-order valence-electron chi connectivity index (χ2n) is 5.02. The van der Waals surface area contributed by atoms with Gasteiger partial charge in [0, 0.05) is 0 Å². The number of ketones is 1. The minimum Gasteiger partial charge on any atom is -0.507 e. The van der Waals surface area contributed by atoms with E-state index in [9.17, 15) is 25.2 Å². The highest BCUT2D eigenvalue weighted by molar-refractivity contribution is 5.99. The number of aliphatic hydroxyl groups excluding tert-OH is 4. The van der Waals surface area contributed by atoms with Gasteiger partial charge >= 0.3 is 0 Å². The Labute approximate surface area is 126 Å². The second kappa shape index (κ2) is 6.59. The van der Waals surface area contributed by atoms with Gasteiger partial charge in [-0.25, -0.2) is 0 Å². The molecule has 1 aliphatic rings. The van der Waals surface area contributed by atoms with Gasteiger partial charge in [-0.05, 0) is 19.1 Å². The van der Waals surface area contributed by atoms with E-state index in [1.807, 2.05) is 0 Å². The first kappa shape index (κ1) is 16.7. The van der Waals surface area contributed by atoms with Crippen LogP contribution < -0.4 is 4.74 Å². The number of Topliss-reactive ketones (excluding diaryl/α,β-unsaturated/α-hetero) is 1. The number of aromatic hydroxyl groups is 1. The van der Waals surface area contributed by atoms with E-state index in [0.717, 1.165) is 0 Å². The molecule has 8 heteroatoms. The van der Waals surface area contributed by atoms with E-state index >= 15 is 0 Å². The van der Waals surface area contributed by atoms with E-state index in [-0.39, 0.29) is 17.1 Å². The molecule has 1 aromatic rings. The van der Waals surface area contributed by atoms with Crippen molar-refractivity contribution >= 4 is 5.78 Å². The van der Waals surface area contributed by atoms with Crippen molar-refractivity contribution in [1.82, 2.24) is 0 Å². The van der Waals surface area contributed by atoms with E-state index in [1.165, 1.54) is 25.1 Å². The standard InChI is InChI=1S/C14H18O8/c1-6(16)10-7(17)3-2-4-8(10)21-14-13(20)12(19)11(18)9(5-15)22-14/h2-4,9,11-15,17-20H,5H2,1H3/t9-,11+,12+,13+,14-/m0/s1. The summed E-state index contributed by atoms with van der Waals surface area (Å²) in [7, 11) is 0. The molecule has 0 saturated carbocycles. The predicted octanol–water partition coefficient (Wildman–Crippen LogP) is -1.23. The smallest absolute Gasteiger partial charge is 0.229 e. The molecule has 0 bridgehead atoms. The van der Waals surface area contributed by atoms with Gasteiger partial charge in [-0.15, -0.1) is 0 Å². The minimum absolute atomic E-state index is 0.0446. The van der Waals surface area contributed by atoms with Gasteiger partial charge in [0.2, 0.25) is 6.29 Å². The number of rotatable bonds is 4. The maximum atomic E-state index is 11.6. The summed E-state index contributed by atoms with van der Waals surface area (Å²) >= 11 is 0. The summed E-state index contributed by atoms with van der Waals surface area (Å²) < 4.78 is 10.5. The molecule has 1 aliphatic heterocycles. The Morgan fingerprint density at radius 1 is 1.23 bits per heavy atom. The summed E-state index contributed by atoms with van der Waals surface area (Å²) in [6.45, 7) is 0.639. The second-order valence-corrected chi connectivity index (χ2v) is 5.02. The molecule has 0 spiro atoms. The van der Waals surface area contributed by atoms with Crippen LogP contribution in [-0.2, 0) is 4.74 Å². The average Bonchev–Trinajstić information content (AvgIpc) is 2.47. The SMILES string of the molecule is CC(=O)c1c(O)cccc1O[C@H]1O[C@@H](CO)[C@@H](O)[C@@H](O)[C@H]1O. The van der Waals surface area contributed by atoms with Gasteiger partial charge in [0.1, 0.15) is 41.5 Å². The zero-order valence-corrected chi connectivity index (χ0v) is 11.8. The van der Waals surface area contributed by atoms with Crippen LogP contribution in [0.15, 0.2) is 18.2 Å². The predicted molar refractivity (Wildman–Crippen MR) is 72.5 cm³/mol. The number of hydrogen-bond acceptors (Lipinski definition) is 8.